The lowest BCUT2D eigenvalue weighted by atomic mass is 10.0. The van der Waals surface area contributed by atoms with E-state index in [2.05, 4.69) is 4.98 Å². The molecule has 0 aliphatic rings. The zero-order valence-corrected chi connectivity index (χ0v) is 14.6. The molecule has 0 unspecified atom stereocenters. The van der Waals surface area contributed by atoms with E-state index in [0.717, 1.165) is 16.7 Å². The van der Waals surface area contributed by atoms with E-state index in [9.17, 15) is 0 Å². The van der Waals surface area contributed by atoms with E-state index < -0.39 is 0 Å². The van der Waals surface area contributed by atoms with E-state index in [4.69, 9.17) is 39.7 Å². The first-order valence-corrected chi connectivity index (χ1v) is 8.14. The molecular weight excluding hydrogens is 343 g/mol. The molecule has 4 nitrogen and oxygen atoms in total. The van der Waals surface area contributed by atoms with Crippen LogP contribution in [0, 0.1) is 6.92 Å². The van der Waals surface area contributed by atoms with Crippen LogP contribution in [0.25, 0.3) is 22.6 Å². The summed E-state index contributed by atoms with van der Waals surface area (Å²) < 4.78 is 0. The number of nitrogens with two attached hydrogens (primary N) is 2. The number of hydrogen-bond acceptors (Lipinski definition) is 4. The number of aryl methyl sites for hydroxylation is 1. The molecule has 122 valence electrons. The van der Waals surface area contributed by atoms with Crippen molar-refractivity contribution in [2.24, 2.45) is 5.73 Å². The van der Waals surface area contributed by atoms with Gasteiger partial charge >= 0.3 is 0 Å². The topological polar surface area (TPSA) is 77.8 Å². The average Bonchev–Trinajstić information content (AvgIpc) is 2.54. The van der Waals surface area contributed by atoms with Gasteiger partial charge < -0.3 is 11.5 Å². The van der Waals surface area contributed by atoms with Gasteiger partial charge in [-0.05, 0) is 30.7 Å². The smallest absolute Gasteiger partial charge is 0.162 e. The second-order valence-corrected chi connectivity index (χ2v) is 6.25. The van der Waals surface area contributed by atoms with Gasteiger partial charge in [-0.3, -0.25) is 0 Å². The van der Waals surface area contributed by atoms with Crippen LogP contribution in [0.1, 0.15) is 11.1 Å². The fraction of sp³-hybridized carbons (Fsp3) is 0.111. The minimum absolute atomic E-state index is 0.216. The van der Waals surface area contributed by atoms with Crippen LogP contribution in [0.15, 0.2) is 42.5 Å². The molecule has 3 aromatic rings. The van der Waals surface area contributed by atoms with Crippen LogP contribution in [0.4, 0.5) is 5.82 Å². The molecule has 3 rings (SSSR count). The molecule has 0 aliphatic heterocycles. The molecule has 0 saturated carbocycles. The highest BCUT2D eigenvalue weighted by atomic mass is 35.5. The van der Waals surface area contributed by atoms with Crippen molar-refractivity contribution in [2.75, 3.05) is 5.73 Å². The van der Waals surface area contributed by atoms with Gasteiger partial charge in [0.15, 0.2) is 5.82 Å². The Morgan fingerprint density at radius 1 is 1.00 bits per heavy atom. The molecule has 4 N–H and O–H groups in total. The van der Waals surface area contributed by atoms with Crippen LogP contribution in [-0.2, 0) is 6.54 Å². The summed E-state index contributed by atoms with van der Waals surface area (Å²) in [6.45, 7) is 2.22. The van der Waals surface area contributed by atoms with Crippen LogP contribution in [0.3, 0.4) is 0 Å². The third kappa shape index (κ3) is 3.08. The molecule has 0 radical (unpaired) electrons. The van der Waals surface area contributed by atoms with Crippen LogP contribution in [-0.4, -0.2) is 9.97 Å². The first-order valence-electron chi connectivity index (χ1n) is 7.39. The van der Waals surface area contributed by atoms with Gasteiger partial charge in [-0.2, -0.15) is 0 Å². The Bertz CT molecular complexity index is 910. The minimum Gasteiger partial charge on any atom is -0.383 e. The third-order valence-electron chi connectivity index (χ3n) is 3.82. The molecule has 0 saturated heterocycles. The van der Waals surface area contributed by atoms with Crippen LogP contribution >= 0.6 is 23.2 Å². The number of halogens is 2. The Morgan fingerprint density at radius 2 is 1.75 bits per heavy atom. The van der Waals surface area contributed by atoms with Gasteiger partial charge in [-0.15, -0.1) is 0 Å². The predicted octanol–water partition coefficient (Wildman–Crippen LogP) is 4.47. The van der Waals surface area contributed by atoms with E-state index in [1.807, 2.05) is 37.3 Å². The minimum atomic E-state index is 0.216. The normalized spacial score (nSPS) is 10.8. The highest BCUT2D eigenvalue weighted by Crippen LogP contribution is 2.34. The molecule has 2 aromatic carbocycles. The molecule has 24 heavy (non-hydrogen) atoms. The summed E-state index contributed by atoms with van der Waals surface area (Å²) in [4.78, 5) is 9.12. The van der Waals surface area contributed by atoms with Crippen molar-refractivity contribution in [3.8, 4) is 22.6 Å². The Morgan fingerprint density at radius 3 is 2.42 bits per heavy atom. The Labute approximate surface area is 150 Å². The number of nitrogens with zero attached hydrogens (tertiary/aromatic N) is 2. The number of hydrogen-bond donors (Lipinski definition) is 2. The van der Waals surface area contributed by atoms with E-state index in [1.165, 1.54) is 0 Å². The SMILES string of the molecule is Cc1ccccc1-c1nc(N)c(CN)c(-c2ccc(Cl)cc2Cl)n1. The second-order valence-electron chi connectivity index (χ2n) is 5.40. The molecule has 6 heteroatoms. The van der Waals surface area contributed by atoms with Crippen molar-refractivity contribution in [3.63, 3.8) is 0 Å². The summed E-state index contributed by atoms with van der Waals surface area (Å²) in [5.41, 5.74) is 16.0. The van der Waals surface area contributed by atoms with Crippen molar-refractivity contribution in [1.82, 2.24) is 9.97 Å². The maximum Gasteiger partial charge on any atom is 0.162 e. The monoisotopic (exact) mass is 358 g/mol. The van der Waals surface area contributed by atoms with E-state index in [-0.39, 0.29) is 6.54 Å². The quantitative estimate of drug-likeness (QED) is 0.723. The Hall–Kier alpha value is -2.14. The van der Waals surface area contributed by atoms with Gasteiger partial charge in [0, 0.05) is 28.3 Å². The molecule has 0 bridgehead atoms. The maximum absolute atomic E-state index is 6.35. The lowest BCUT2D eigenvalue weighted by molar-refractivity contribution is 1.02. The van der Waals surface area contributed by atoms with Gasteiger partial charge in [0.25, 0.3) is 0 Å². The zero-order valence-electron chi connectivity index (χ0n) is 13.1. The van der Waals surface area contributed by atoms with Crippen molar-refractivity contribution < 1.29 is 0 Å². The van der Waals surface area contributed by atoms with E-state index in [1.54, 1.807) is 12.1 Å². The third-order valence-corrected chi connectivity index (χ3v) is 4.36. The largest absolute Gasteiger partial charge is 0.383 e. The van der Waals surface area contributed by atoms with Gasteiger partial charge in [0.2, 0.25) is 0 Å². The molecule has 0 aliphatic carbocycles. The standard InChI is InChI=1S/C18H16Cl2N4/c1-10-4-2-3-5-12(10)18-23-16(14(9-21)17(22)24-18)13-7-6-11(19)8-15(13)20/h2-8H,9,21H2,1H3,(H2,22,23,24). The lowest BCUT2D eigenvalue weighted by Crippen LogP contribution is -2.09. The fourth-order valence-electron chi connectivity index (χ4n) is 2.55. The number of aromatic nitrogens is 2. The average molecular weight is 359 g/mol. The summed E-state index contributed by atoms with van der Waals surface area (Å²) in [6, 6.07) is 13.1. The summed E-state index contributed by atoms with van der Waals surface area (Å²) in [5, 5.41) is 1.05. The number of rotatable bonds is 3. The fourth-order valence-corrected chi connectivity index (χ4v) is 3.05. The summed E-state index contributed by atoms with van der Waals surface area (Å²) >= 11 is 12.3. The first-order chi connectivity index (χ1) is 11.5. The molecule has 0 atom stereocenters. The van der Waals surface area contributed by atoms with Gasteiger partial charge in [-0.25, -0.2) is 9.97 Å². The molecule has 0 amide bonds. The maximum atomic E-state index is 6.35. The molecular formula is C18H16Cl2N4. The molecule has 1 heterocycles. The van der Waals surface area contributed by atoms with E-state index in [0.29, 0.717) is 32.9 Å². The highest BCUT2D eigenvalue weighted by Gasteiger charge is 2.17. The molecule has 1 aromatic heterocycles. The van der Waals surface area contributed by atoms with Crippen molar-refractivity contribution >= 4 is 29.0 Å². The highest BCUT2D eigenvalue weighted by molar-refractivity contribution is 6.36. The number of benzene rings is 2. The van der Waals surface area contributed by atoms with Gasteiger partial charge in [0.05, 0.1) is 10.7 Å². The van der Waals surface area contributed by atoms with Crippen LogP contribution in [0.2, 0.25) is 10.0 Å². The predicted molar refractivity (Wildman–Crippen MR) is 100.0 cm³/mol. The number of nitrogen functional groups attached to an aromatic ring is 1. The van der Waals surface area contributed by atoms with Crippen LogP contribution < -0.4 is 11.5 Å². The zero-order chi connectivity index (χ0) is 17.3. The first kappa shape index (κ1) is 16.7. The summed E-state index contributed by atoms with van der Waals surface area (Å²) in [6.07, 6.45) is 0. The Balaban J connectivity index is 2.27. The van der Waals surface area contributed by atoms with E-state index >= 15 is 0 Å². The molecule has 0 fully saturated rings. The van der Waals surface area contributed by atoms with Crippen molar-refractivity contribution in [1.29, 1.82) is 0 Å². The lowest BCUT2D eigenvalue weighted by Gasteiger charge is -2.14. The van der Waals surface area contributed by atoms with Crippen molar-refractivity contribution in [3.05, 3.63) is 63.6 Å². The number of anilines is 1. The molecule has 0 spiro atoms. The summed E-state index contributed by atoms with van der Waals surface area (Å²) in [5.74, 6) is 0.899. The van der Waals surface area contributed by atoms with Crippen LogP contribution in [0.5, 0.6) is 0 Å². The van der Waals surface area contributed by atoms with Gasteiger partial charge in [-0.1, -0.05) is 47.5 Å². The summed E-state index contributed by atoms with van der Waals surface area (Å²) in [7, 11) is 0. The van der Waals surface area contributed by atoms with Gasteiger partial charge in [0.1, 0.15) is 5.82 Å². The van der Waals surface area contributed by atoms with Crippen molar-refractivity contribution in [2.45, 2.75) is 13.5 Å². The second kappa shape index (κ2) is 6.77. The Kier molecular flexibility index (Phi) is 4.71.